The number of rotatable bonds is 4. The second kappa shape index (κ2) is 6.72. The average Bonchev–Trinajstić information content (AvgIpc) is 3.05. The van der Waals surface area contributed by atoms with Crippen LogP contribution in [0.3, 0.4) is 0 Å². The predicted molar refractivity (Wildman–Crippen MR) is 101 cm³/mol. The fourth-order valence-corrected chi connectivity index (χ4v) is 3.97. The smallest absolute Gasteiger partial charge is 0.118 e. The third-order valence-corrected chi connectivity index (χ3v) is 5.37. The molecule has 0 spiro atoms. The minimum Gasteiger partial charge on any atom is -0.497 e. The van der Waals surface area contributed by atoms with Crippen molar-refractivity contribution >= 4 is 10.9 Å². The first kappa shape index (κ1) is 15.3. The summed E-state index contributed by atoms with van der Waals surface area (Å²) in [5.41, 5.74) is 3.86. The number of nitrogens with zero attached hydrogens (tertiary/aromatic N) is 1. The van der Waals surface area contributed by atoms with Crippen molar-refractivity contribution in [3.05, 3.63) is 54.7 Å². The van der Waals surface area contributed by atoms with Crippen LogP contribution < -0.4 is 4.74 Å². The second-order valence-corrected chi connectivity index (χ2v) is 6.97. The van der Waals surface area contributed by atoms with E-state index in [2.05, 4.69) is 47.2 Å². The topological polar surface area (TPSA) is 14.2 Å². The maximum atomic E-state index is 5.25. The Morgan fingerprint density at radius 2 is 1.67 bits per heavy atom. The first-order valence-corrected chi connectivity index (χ1v) is 9.07. The highest BCUT2D eigenvalue weighted by Gasteiger charge is 2.14. The molecule has 0 atom stereocenters. The lowest BCUT2D eigenvalue weighted by Crippen LogP contribution is -2.13. The van der Waals surface area contributed by atoms with Crippen molar-refractivity contribution in [3.63, 3.8) is 0 Å². The summed E-state index contributed by atoms with van der Waals surface area (Å²) >= 11 is 0. The van der Waals surface area contributed by atoms with Crippen molar-refractivity contribution in [2.75, 3.05) is 7.11 Å². The van der Waals surface area contributed by atoms with E-state index >= 15 is 0 Å². The molecule has 1 aliphatic rings. The van der Waals surface area contributed by atoms with E-state index in [0.29, 0.717) is 0 Å². The average molecular weight is 319 g/mol. The summed E-state index contributed by atoms with van der Waals surface area (Å²) in [6.45, 7) is 1.17. The Balaban J connectivity index is 1.59. The normalized spacial score (nSPS) is 15.7. The monoisotopic (exact) mass is 319 g/mol. The molecule has 0 saturated heterocycles. The van der Waals surface area contributed by atoms with Crippen molar-refractivity contribution in [1.82, 2.24) is 4.57 Å². The van der Waals surface area contributed by atoms with Gasteiger partial charge in [0.15, 0.2) is 0 Å². The highest BCUT2D eigenvalue weighted by molar-refractivity contribution is 5.85. The van der Waals surface area contributed by atoms with E-state index in [1.807, 2.05) is 12.1 Å². The van der Waals surface area contributed by atoms with Gasteiger partial charge < -0.3 is 9.30 Å². The van der Waals surface area contributed by atoms with E-state index < -0.39 is 0 Å². The van der Waals surface area contributed by atoms with Gasteiger partial charge in [0.25, 0.3) is 0 Å². The number of hydrogen-bond donors (Lipinski definition) is 0. The van der Waals surface area contributed by atoms with Gasteiger partial charge >= 0.3 is 0 Å². The van der Waals surface area contributed by atoms with Gasteiger partial charge in [-0.15, -0.1) is 0 Å². The van der Waals surface area contributed by atoms with Crippen LogP contribution in [0.15, 0.2) is 54.7 Å². The summed E-state index contributed by atoms with van der Waals surface area (Å²) in [6, 6.07) is 17.4. The maximum absolute atomic E-state index is 5.25. The predicted octanol–water partition coefficient (Wildman–Crippen LogP) is 5.90. The second-order valence-electron chi connectivity index (χ2n) is 6.97. The lowest BCUT2D eigenvalue weighted by Gasteiger charge is -2.22. The van der Waals surface area contributed by atoms with Gasteiger partial charge in [0.1, 0.15) is 5.75 Å². The zero-order chi connectivity index (χ0) is 16.4. The van der Waals surface area contributed by atoms with E-state index in [9.17, 15) is 0 Å². The minimum atomic E-state index is 0.857. The van der Waals surface area contributed by atoms with Crippen LogP contribution in [0.25, 0.3) is 22.0 Å². The molecule has 24 heavy (non-hydrogen) atoms. The van der Waals surface area contributed by atoms with Crippen molar-refractivity contribution in [3.8, 4) is 16.9 Å². The Hall–Kier alpha value is -2.22. The van der Waals surface area contributed by atoms with Gasteiger partial charge in [0, 0.05) is 23.6 Å². The Bertz CT molecular complexity index is 810. The summed E-state index contributed by atoms with van der Waals surface area (Å²) in [7, 11) is 1.70. The summed E-state index contributed by atoms with van der Waals surface area (Å²) < 4.78 is 7.69. The van der Waals surface area contributed by atoms with Gasteiger partial charge in [-0.3, -0.25) is 0 Å². The van der Waals surface area contributed by atoms with Crippen molar-refractivity contribution in [2.45, 2.75) is 38.6 Å². The van der Waals surface area contributed by atoms with Gasteiger partial charge in [0.2, 0.25) is 0 Å². The number of aromatic nitrogens is 1. The van der Waals surface area contributed by atoms with Crippen LogP contribution in [0.4, 0.5) is 0 Å². The molecular formula is C22H25NO. The molecule has 4 rings (SSSR count). The van der Waals surface area contributed by atoms with Crippen LogP contribution in [-0.2, 0) is 6.54 Å². The zero-order valence-electron chi connectivity index (χ0n) is 14.4. The van der Waals surface area contributed by atoms with Gasteiger partial charge in [0.05, 0.1) is 7.11 Å². The van der Waals surface area contributed by atoms with Crippen LogP contribution in [0.2, 0.25) is 0 Å². The fraction of sp³-hybridized carbons (Fsp3) is 0.364. The molecule has 0 bridgehead atoms. The Kier molecular flexibility index (Phi) is 4.29. The molecule has 2 heteroatoms. The van der Waals surface area contributed by atoms with Crippen molar-refractivity contribution < 1.29 is 4.74 Å². The molecule has 124 valence electrons. The zero-order valence-corrected chi connectivity index (χ0v) is 14.4. The Morgan fingerprint density at radius 3 is 2.42 bits per heavy atom. The number of benzene rings is 2. The lowest BCUT2D eigenvalue weighted by molar-refractivity contribution is 0.322. The van der Waals surface area contributed by atoms with E-state index in [1.54, 1.807) is 7.11 Å². The number of hydrogen-bond acceptors (Lipinski definition) is 1. The largest absolute Gasteiger partial charge is 0.497 e. The quantitative estimate of drug-likeness (QED) is 0.584. The van der Waals surface area contributed by atoms with Crippen LogP contribution in [0, 0.1) is 5.92 Å². The molecule has 1 aromatic heterocycles. The molecule has 0 unspecified atom stereocenters. The summed E-state index contributed by atoms with van der Waals surface area (Å²) in [4.78, 5) is 0. The highest BCUT2D eigenvalue weighted by atomic mass is 16.5. The molecule has 2 nitrogen and oxygen atoms in total. The fourth-order valence-electron chi connectivity index (χ4n) is 3.97. The lowest BCUT2D eigenvalue weighted by atomic mass is 9.89. The molecule has 0 amide bonds. The van der Waals surface area contributed by atoms with Gasteiger partial charge in [-0.1, -0.05) is 37.5 Å². The SMILES string of the molecule is COc1ccc(-c2ccc3c(ccn3CC3CCCCC3)c2)cc1. The molecule has 1 heterocycles. The van der Waals surface area contributed by atoms with E-state index in [4.69, 9.17) is 4.74 Å². The third kappa shape index (κ3) is 3.06. The summed E-state index contributed by atoms with van der Waals surface area (Å²) in [5.74, 6) is 1.76. The van der Waals surface area contributed by atoms with E-state index in [-0.39, 0.29) is 0 Å². The standard InChI is InChI=1S/C22H25NO/c1-24-21-10-7-18(8-11-21)19-9-12-22-20(15-19)13-14-23(22)16-17-5-3-2-4-6-17/h7-15,17H,2-6,16H2,1H3. The molecule has 0 radical (unpaired) electrons. The molecule has 0 aliphatic heterocycles. The van der Waals surface area contributed by atoms with Crippen molar-refractivity contribution in [1.29, 1.82) is 0 Å². The molecule has 1 fully saturated rings. The van der Waals surface area contributed by atoms with Crippen LogP contribution in [0.1, 0.15) is 32.1 Å². The molecule has 1 aliphatic carbocycles. The number of fused-ring (bicyclic) bond motifs is 1. The summed E-state index contributed by atoms with van der Waals surface area (Å²) in [6.07, 6.45) is 9.29. The number of methoxy groups -OCH3 is 1. The van der Waals surface area contributed by atoms with E-state index in [0.717, 1.165) is 11.7 Å². The Morgan fingerprint density at radius 1 is 0.917 bits per heavy atom. The third-order valence-electron chi connectivity index (χ3n) is 5.37. The van der Waals surface area contributed by atoms with Gasteiger partial charge in [-0.05, 0) is 60.2 Å². The highest BCUT2D eigenvalue weighted by Crippen LogP contribution is 2.29. The Labute approximate surface area is 144 Å². The number of ether oxygens (including phenoxy) is 1. The molecule has 1 saturated carbocycles. The molecule has 0 N–H and O–H groups in total. The molecule has 2 aromatic carbocycles. The van der Waals surface area contributed by atoms with Gasteiger partial charge in [-0.25, -0.2) is 0 Å². The summed E-state index contributed by atoms with van der Waals surface area (Å²) in [5, 5.41) is 1.33. The minimum absolute atomic E-state index is 0.857. The maximum Gasteiger partial charge on any atom is 0.118 e. The van der Waals surface area contributed by atoms with Crippen LogP contribution in [-0.4, -0.2) is 11.7 Å². The van der Waals surface area contributed by atoms with Crippen LogP contribution >= 0.6 is 0 Å². The van der Waals surface area contributed by atoms with E-state index in [1.165, 1.54) is 60.7 Å². The molecule has 3 aromatic rings. The van der Waals surface area contributed by atoms with Crippen LogP contribution in [0.5, 0.6) is 5.75 Å². The first-order valence-electron chi connectivity index (χ1n) is 9.07. The van der Waals surface area contributed by atoms with Crippen molar-refractivity contribution in [2.24, 2.45) is 5.92 Å². The molecular weight excluding hydrogens is 294 g/mol. The van der Waals surface area contributed by atoms with Gasteiger partial charge in [-0.2, -0.15) is 0 Å². The first-order chi connectivity index (χ1) is 11.8.